The van der Waals surface area contributed by atoms with Gasteiger partial charge in [-0.25, -0.2) is 0 Å². The van der Waals surface area contributed by atoms with E-state index in [2.05, 4.69) is 20.4 Å². The molecule has 8 heteroatoms. The SMILES string of the molecule is Nc1nnc(CNC(=O)C2CCCN(Cc3ccco3)C2)s1. The summed E-state index contributed by atoms with van der Waals surface area (Å²) in [4.78, 5) is 14.5. The highest BCUT2D eigenvalue weighted by Gasteiger charge is 2.26. The number of nitrogens with one attached hydrogen (secondary N) is 1. The zero-order valence-corrected chi connectivity index (χ0v) is 13.0. The first-order valence-electron chi connectivity index (χ1n) is 7.31. The summed E-state index contributed by atoms with van der Waals surface area (Å²) in [5.41, 5.74) is 5.53. The second-order valence-corrected chi connectivity index (χ2v) is 6.50. The molecule has 1 atom stereocenters. The van der Waals surface area contributed by atoms with E-state index in [1.54, 1.807) is 6.26 Å². The molecular weight excluding hydrogens is 302 g/mol. The third-order valence-electron chi connectivity index (χ3n) is 3.73. The van der Waals surface area contributed by atoms with Crippen molar-refractivity contribution in [1.29, 1.82) is 0 Å². The number of amides is 1. The Kier molecular flexibility index (Phi) is 4.69. The molecule has 1 amide bonds. The van der Waals surface area contributed by atoms with Crippen LogP contribution in [0.4, 0.5) is 5.13 Å². The fourth-order valence-electron chi connectivity index (χ4n) is 2.68. The van der Waals surface area contributed by atoms with E-state index in [0.29, 0.717) is 11.7 Å². The molecule has 2 aromatic rings. The Morgan fingerprint density at radius 2 is 2.45 bits per heavy atom. The Bertz CT molecular complexity index is 613. The molecule has 118 valence electrons. The van der Waals surface area contributed by atoms with Crippen LogP contribution in [0.15, 0.2) is 22.8 Å². The topological polar surface area (TPSA) is 97.3 Å². The van der Waals surface area contributed by atoms with E-state index in [4.69, 9.17) is 10.2 Å². The minimum atomic E-state index is 0.00832. The number of likely N-dealkylation sites (tertiary alicyclic amines) is 1. The van der Waals surface area contributed by atoms with E-state index in [1.165, 1.54) is 11.3 Å². The fraction of sp³-hybridized carbons (Fsp3) is 0.500. The molecule has 1 aliphatic rings. The van der Waals surface area contributed by atoms with Crippen LogP contribution in [0.3, 0.4) is 0 Å². The summed E-state index contributed by atoms with van der Waals surface area (Å²) in [6.45, 7) is 2.90. The molecule has 3 rings (SSSR count). The lowest BCUT2D eigenvalue weighted by Crippen LogP contribution is -2.42. The fourth-order valence-corrected chi connectivity index (χ4v) is 3.23. The summed E-state index contributed by atoms with van der Waals surface area (Å²) in [6.07, 6.45) is 3.61. The van der Waals surface area contributed by atoms with Crippen molar-refractivity contribution < 1.29 is 9.21 Å². The first-order chi connectivity index (χ1) is 10.7. The van der Waals surface area contributed by atoms with E-state index in [9.17, 15) is 4.79 Å². The van der Waals surface area contributed by atoms with Gasteiger partial charge in [-0.1, -0.05) is 11.3 Å². The van der Waals surface area contributed by atoms with Gasteiger partial charge in [0.2, 0.25) is 11.0 Å². The summed E-state index contributed by atoms with van der Waals surface area (Å²) < 4.78 is 5.37. The highest BCUT2D eigenvalue weighted by Crippen LogP contribution is 2.19. The Hall–Kier alpha value is -1.93. The number of carbonyl (C=O) groups is 1. The van der Waals surface area contributed by atoms with Crippen molar-refractivity contribution in [3.63, 3.8) is 0 Å². The molecule has 0 aliphatic carbocycles. The number of rotatable bonds is 5. The van der Waals surface area contributed by atoms with Crippen molar-refractivity contribution in [3.8, 4) is 0 Å². The largest absolute Gasteiger partial charge is 0.468 e. The van der Waals surface area contributed by atoms with Crippen molar-refractivity contribution in [2.45, 2.75) is 25.9 Å². The normalized spacial score (nSPS) is 19.2. The maximum Gasteiger partial charge on any atom is 0.224 e. The Labute approximate surface area is 132 Å². The molecule has 3 N–H and O–H groups in total. The van der Waals surface area contributed by atoms with Crippen LogP contribution < -0.4 is 11.1 Å². The van der Waals surface area contributed by atoms with Crippen LogP contribution in [0.5, 0.6) is 0 Å². The maximum atomic E-state index is 12.3. The van der Waals surface area contributed by atoms with E-state index in [1.807, 2.05) is 12.1 Å². The summed E-state index contributed by atoms with van der Waals surface area (Å²) >= 11 is 1.30. The van der Waals surface area contributed by atoms with Crippen LogP contribution in [0.1, 0.15) is 23.6 Å². The number of anilines is 1. The second kappa shape index (κ2) is 6.89. The summed E-state index contributed by atoms with van der Waals surface area (Å²) in [7, 11) is 0. The van der Waals surface area contributed by atoms with Crippen LogP contribution >= 0.6 is 11.3 Å². The zero-order valence-electron chi connectivity index (χ0n) is 12.2. The number of hydrogen-bond donors (Lipinski definition) is 2. The summed E-state index contributed by atoms with van der Waals surface area (Å²) in [5.74, 6) is 1.01. The molecular formula is C14H19N5O2S. The number of nitrogens with two attached hydrogens (primary N) is 1. The molecule has 0 radical (unpaired) electrons. The smallest absolute Gasteiger partial charge is 0.224 e. The number of piperidine rings is 1. The van der Waals surface area contributed by atoms with E-state index >= 15 is 0 Å². The zero-order chi connectivity index (χ0) is 15.4. The highest BCUT2D eigenvalue weighted by atomic mass is 32.1. The van der Waals surface area contributed by atoms with Gasteiger partial charge in [-0.15, -0.1) is 10.2 Å². The third-order valence-corrected chi connectivity index (χ3v) is 4.48. The van der Waals surface area contributed by atoms with E-state index in [-0.39, 0.29) is 11.8 Å². The van der Waals surface area contributed by atoms with E-state index in [0.717, 1.165) is 43.2 Å². The van der Waals surface area contributed by atoms with Gasteiger partial charge < -0.3 is 15.5 Å². The van der Waals surface area contributed by atoms with Crippen molar-refractivity contribution in [3.05, 3.63) is 29.2 Å². The van der Waals surface area contributed by atoms with Gasteiger partial charge in [0.05, 0.1) is 25.3 Å². The van der Waals surface area contributed by atoms with Gasteiger partial charge in [0, 0.05) is 6.54 Å². The number of nitrogen functional groups attached to an aromatic ring is 1. The lowest BCUT2D eigenvalue weighted by atomic mass is 9.97. The van der Waals surface area contributed by atoms with Gasteiger partial charge in [0.15, 0.2) is 0 Å². The monoisotopic (exact) mass is 321 g/mol. The maximum absolute atomic E-state index is 12.3. The van der Waals surface area contributed by atoms with Crippen LogP contribution in [0.25, 0.3) is 0 Å². The molecule has 0 aromatic carbocycles. The molecule has 0 bridgehead atoms. The van der Waals surface area contributed by atoms with Gasteiger partial charge in [0.1, 0.15) is 10.8 Å². The number of hydrogen-bond acceptors (Lipinski definition) is 7. The quantitative estimate of drug-likeness (QED) is 0.860. The number of furan rings is 1. The lowest BCUT2D eigenvalue weighted by Gasteiger charge is -2.31. The van der Waals surface area contributed by atoms with Crippen molar-refractivity contribution in [2.75, 3.05) is 18.8 Å². The Morgan fingerprint density at radius 1 is 1.55 bits per heavy atom. The average molecular weight is 321 g/mol. The standard InChI is InChI=1S/C14H19N5O2S/c15-14-18-17-12(22-14)7-16-13(20)10-3-1-5-19(8-10)9-11-4-2-6-21-11/h2,4,6,10H,1,3,5,7-9H2,(H2,15,18)(H,16,20). The molecule has 0 spiro atoms. The second-order valence-electron chi connectivity index (χ2n) is 5.41. The highest BCUT2D eigenvalue weighted by molar-refractivity contribution is 7.15. The number of nitrogens with zero attached hydrogens (tertiary/aromatic N) is 3. The minimum absolute atomic E-state index is 0.00832. The predicted octanol–water partition coefficient (Wildman–Crippen LogP) is 1.24. The van der Waals surface area contributed by atoms with Gasteiger partial charge in [-0.05, 0) is 31.5 Å². The van der Waals surface area contributed by atoms with Gasteiger partial charge in [-0.2, -0.15) is 0 Å². The molecule has 7 nitrogen and oxygen atoms in total. The third kappa shape index (κ3) is 3.83. The number of aromatic nitrogens is 2. The van der Waals surface area contributed by atoms with Crippen molar-refractivity contribution >= 4 is 22.4 Å². The molecule has 1 fully saturated rings. The van der Waals surface area contributed by atoms with Gasteiger partial charge in [0.25, 0.3) is 0 Å². The molecule has 22 heavy (non-hydrogen) atoms. The molecule has 1 saturated heterocycles. The first-order valence-corrected chi connectivity index (χ1v) is 8.12. The molecule has 1 aliphatic heterocycles. The molecule has 2 aromatic heterocycles. The van der Waals surface area contributed by atoms with Gasteiger partial charge >= 0.3 is 0 Å². The van der Waals surface area contributed by atoms with Crippen molar-refractivity contribution in [2.24, 2.45) is 5.92 Å². The van der Waals surface area contributed by atoms with Crippen LogP contribution in [-0.2, 0) is 17.9 Å². The number of carbonyl (C=O) groups excluding carboxylic acids is 1. The van der Waals surface area contributed by atoms with Crippen molar-refractivity contribution in [1.82, 2.24) is 20.4 Å². The minimum Gasteiger partial charge on any atom is -0.468 e. The lowest BCUT2D eigenvalue weighted by molar-refractivity contribution is -0.127. The molecule has 0 saturated carbocycles. The molecule has 3 heterocycles. The first kappa shape index (κ1) is 15.0. The molecule has 1 unspecified atom stereocenters. The summed E-state index contributed by atoms with van der Waals surface area (Å²) in [6, 6.07) is 3.85. The van der Waals surface area contributed by atoms with E-state index < -0.39 is 0 Å². The average Bonchev–Trinajstić information content (AvgIpc) is 3.17. The van der Waals surface area contributed by atoms with Crippen LogP contribution in [0.2, 0.25) is 0 Å². The predicted molar refractivity (Wildman–Crippen MR) is 82.9 cm³/mol. The summed E-state index contributed by atoms with van der Waals surface area (Å²) in [5, 5.41) is 11.7. The van der Waals surface area contributed by atoms with Gasteiger partial charge in [-0.3, -0.25) is 9.69 Å². The Morgan fingerprint density at radius 3 is 3.18 bits per heavy atom. The van der Waals surface area contributed by atoms with Crippen LogP contribution in [-0.4, -0.2) is 34.1 Å². The van der Waals surface area contributed by atoms with Crippen LogP contribution in [0, 0.1) is 5.92 Å². The Balaban J connectivity index is 1.49.